The van der Waals surface area contributed by atoms with Crippen molar-refractivity contribution in [1.29, 1.82) is 0 Å². The Morgan fingerprint density at radius 3 is 1.03 bits per heavy atom. The van der Waals surface area contributed by atoms with Gasteiger partial charge in [0.2, 0.25) is 5.41 Å². The summed E-state index contributed by atoms with van der Waals surface area (Å²) >= 11 is 0. The first-order valence-corrected chi connectivity index (χ1v) is 8.47. The van der Waals surface area contributed by atoms with E-state index in [1.807, 2.05) is 0 Å². The molecule has 14 heteroatoms. The Morgan fingerprint density at radius 1 is 0.515 bits per heavy atom. The van der Waals surface area contributed by atoms with Gasteiger partial charge in [-0.3, -0.25) is 0 Å². The molecule has 0 saturated carbocycles. The number of alkyl halides is 12. The maximum atomic E-state index is 14.1. The summed E-state index contributed by atoms with van der Waals surface area (Å²) in [6.07, 6.45) is -23.7. The molecule has 0 atom stereocenters. The summed E-state index contributed by atoms with van der Waals surface area (Å²) in [5.74, 6) is -2.18. The highest BCUT2D eigenvalue weighted by Crippen LogP contribution is 2.58. The zero-order valence-electron chi connectivity index (χ0n) is 16.3. The summed E-state index contributed by atoms with van der Waals surface area (Å²) < 4.78 is 173. The molecule has 0 unspecified atom stereocenters. The van der Waals surface area contributed by atoms with E-state index in [9.17, 15) is 52.7 Å². The third kappa shape index (κ3) is 4.51. The average molecular weight is 500 g/mol. The number of rotatable bonds is 4. The van der Waals surface area contributed by atoms with E-state index in [0.717, 1.165) is 0 Å². The van der Waals surface area contributed by atoms with Crippen LogP contribution in [0.4, 0.5) is 52.7 Å². The van der Waals surface area contributed by atoms with Gasteiger partial charge in [0, 0.05) is 0 Å². The fourth-order valence-corrected chi connectivity index (χ4v) is 3.31. The van der Waals surface area contributed by atoms with E-state index >= 15 is 0 Å². The topological polar surface area (TPSA) is 18.5 Å². The van der Waals surface area contributed by atoms with E-state index in [0.29, 0.717) is 14.2 Å². The molecule has 0 spiro atoms. The second kappa shape index (κ2) is 8.20. The Morgan fingerprint density at radius 2 is 0.818 bits per heavy atom. The van der Waals surface area contributed by atoms with Gasteiger partial charge in [0.1, 0.15) is 11.5 Å². The first kappa shape index (κ1) is 26.5. The van der Waals surface area contributed by atoms with E-state index < -0.39 is 76.0 Å². The van der Waals surface area contributed by atoms with E-state index in [4.69, 9.17) is 0 Å². The van der Waals surface area contributed by atoms with Crippen LogP contribution in [0.15, 0.2) is 36.4 Å². The highest BCUT2D eigenvalue weighted by molar-refractivity contribution is 5.52. The van der Waals surface area contributed by atoms with Gasteiger partial charge >= 0.3 is 24.7 Å². The molecule has 0 aliphatic rings. The van der Waals surface area contributed by atoms with Crippen LogP contribution in [-0.4, -0.2) is 26.6 Å². The summed E-state index contributed by atoms with van der Waals surface area (Å²) in [5, 5.41) is 0. The van der Waals surface area contributed by atoms with Crippen LogP contribution in [0.5, 0.6) is 11.5 Å². The predicted molar refractivity (Wildman–Crippen MR) is 88.9 cm³/mol. The minimum Gasteiger partial charge on any atom is -0.496 e. The van der Waals surface area contributed by atoms with E-state index in [2.05, 4.69) is 9.47 Å². The highest BCUT2D eigenvalue weighted by atomic mass is 19.4. The molecular formula is C19H12F12O2. The summed E-state index contributed by atoms with van der Waals surface area (Å²) in [5.41, 5.74) is -13.2. The van der Waals surface area contributed by atoms with Crippen LogP contribution in [0.25, 0.3) is 0 Å². The van der Waals surface area contributed by atoms with Crippen LogP contribution in [0, 0.1) is 0 Å². The van der Waals surface area contributed by atoms with Gasteiger partial charge in [-0.2, -0.15) is 52.7 Å². The molecule has 0 aromatic heterocycles. The maximum Gasteiger partial charge on any atom is 0.419 e. The number of ether oxygens (including phenoxy) is 2. The first-order chi connectivity index (χ1) is 14.8. The second-order valence-corrected chi connectivity index (χ2v) is 6.57. The van der Waals surface area contributed by atoms with Gasteiger partial charge in [0.25, 0.3) is 0 Å². The van der Waals surface area contributed by atoms with Gasteiger partial charge < -0.3 is 9.47 Å². The smallest absolute Gasteiger partial charge is 0.419 e. The fourth-order valence-electron chi connectivity index (χ4n) is 3.31. The van der Waals surface area contributed by atoms with E-state index in [1.165, 1.54) is 0 Å². The Kier molecular flexibility index (Phi) is 6.58. The molecule has 0 saturated heterocycles. The standard InChI is InChI=1S/C19H12F12O2/c1-32-13-5-3-9(7-11(13)16(20,21)22)15(18(26,27)28,19(29,30)31)10-4-6-14(33-2)12(8-10)17(23,24)25/h3-8H,1-2H3. The average Bonchev–Trinajstić information content (AvgIpc) is 2.64. The molecule has 0 radical (unpaired) electrons. The lowest BCUT2D eigenvalue weighted by Gasteiger charge is -2.39. The van der Waals surface area contributed by atoms with E-state index in [1.54, 1.807) is 0 Å². The largest absolute Gasteiger partial charge is 0.496 e. The van der Waals surface area contributed by atoms with Gasteiger partial charge in [-0.1, -0.05) is 12.1 Å². The maximum absolute atomic E-state index is 14.1. The lowest BCUT2D eigenvalue weighted by atomic mass is 9.72. The van der Waals surface area contributed by atoms with Gasteiger partial charge in [0.15, 0.2) is 0 Å². The molecule has 0 aliphatic heterocycles. The van der Waals surface area contributed by atoms with Crippen LogP contribution in [-0.2, 0) is 17.8 Å². The van der Waals surface area contributed by atoms with Crippen LogP contribution in [0.3, 0.4) is 0 Å². The van der Waals surface area contributed by atoms with Gasteiger partial charge in [0.05, 0.1) is 25.3 Å². The molecule has 2 nitrogen and oxygen atoms in total. The molecule has 0 bridgehead atoms. The molecular weight excluding hydrogens is 488 g/mol. The van der Waals surface area contributed by atoms with Crippen molar-refractivity contribution in [1.82, 2.24) is 0 Å². The van der Waals surface area contributed by atoms with Gasteiger partial charge in [-0.15, -0.1) is 0 Å². The molecule has 184 valence electrons. The lowest BCUT2D eigenvalue weighted by Crippen LogP contribution is -2.55. The van der Waals surface area contributed by atoms with Crippen molar-refractivity contribution in [3.8, 4) is 11.5 Å². The van der Waals surface area contributed by atoms with Crippen molar-refractivity contribution < 1.29 is 62.2 Å². The van der Waals surface area contributed by atoms with Crippen molar-refractivity contribution >= 4 is 0 Å². The number of benzene rings is 2. The third-order valence-corrected chi connectivity index (χ3v) is 4.73. The number of hydrogen-bond acceptors (Lipinski definition) is 2. The van der Waals surface area contributed by atoms with Crippen LogP contribution in [0.2, 0.25) is 0 Å². The molecule has 0 aliphatic carbocycles. The summed E-state index contributed by atoms with van der Waals surface area (Å²) in [7, 11) is 1.40. The molecule has 0 fully saturated rings. The fraction of sp³-hybridized carbons (Fsp3) is 0.368. The normalized spacial score (nSPS) is 13.8. The van der Waals surface area contributed by atoms with Crippen LogP contribution >= 0.6 is 0 Å². The summed E-state index contributed by atoms with van der Waals surface area (Å²) in [6, 6.07) is -0.329. The minimum absolute atomic E-state index is 0.0621. The van der Waals surface area contributed by atoms with Crippen molar-refractivity contribution in [2.45, 2.75) is 30.1 Å². The molecule has 2 aromatic rings. The monoisotopic (exact) mass is 500 g/mol. The predicted octanol–water partition coefficient (Wildman–Crippen LogP) is 7.15. The van der Waals surface area contributed by atoms with E-state index in [-0.39, 0.29) is 24.3 Å². The molecule has 0 amide bonds. The number of halogens is 12. The third-order valence-electron chi connectivity index (χ3n) is 4.73. The molecule has 2 aromatic carbocycles. The Hall–Kier alpha value is -2.80. The zero-order chi connectivity index (χ0) is 25.6. The Bertz CT molecular complexity index is 918. The Labute approximate surface area is 177 Å². The first-order valence-electron chi connectivity index (χ1n) is 8.47. The lowest BCUT2D eigenvalue weighted by molar-refractivity contribution is -0.288. The van der Waals surface area contributed by atoms with Crippen molar-refractivity contribution in [2.75, 3.05) is 14.2 Å². The minimum atomic E-state index is -6.42. The molecule has 0 heterocycles. The number of methoxy groups -OCH3 is 2. The molecule has 2 rings (SSSR count). The number of hydrogen-bond donors (Lipinski definition) is 0. The quantitative estimate of drug-likeness (QED) is 0.415. The van der Waals surface area contributed by atoms with Crippen molar-refractivity contribution in [2.24, 2.45) is 0 Å². The van der Waals surface area contributed by atoms with Gasteiger partial charge in [-0.25, -0.2) is 0 Å². The van der Waals surface area contributed by atoms with Crippen LogP contribution < -0.4 is 9.47 Å². The van der Waals surface area contributed by atoms with Crippen molar-refractivity contribution in [3.05, 3.63) is 58.7 Å². The molecule has 0 N–H and O–H groups in total. The Balaban J connectivity index is 3.08. The van der Waals surface area contributed by atoms with Crippen molar-refractivity contribution in [3.63, 3.8) is 0 Å². The zero-order valence-corrected chi connectivity index (χ0v) is 16.3. The highest BCUT2D eigenvalue weighted by Gasteiger charge is 2.73. The second-order valence-electron chi connectivity index (χ2n) is 6.57. The van der Waals surface area contributed by atoms with Crippen LogP contribution in [0.1, 0.15) is 22.3 Å². The van der Waals surface area contributed by atoms with Gasteiger partial charge in [-0.05, 0) is 35.4 Å². The summed E-state index contributed by atoms with van der Waals surface area (Å²) in [4.78, 5) is 0. The summed E-state index contributed by atoms with van der Waals surface area (Å²) in [6.45, 7) is 0. The SMILES string of the molecule is COc1ccc(C(c2ccc(OC)c(C(F)(F)F)c2)(C(F)(F)F)C(F)(F)F)cc1C(F)(F)F. The molecule has 33 heavy (non-hydrogen) atoms.